The number of hydrogen-bond donors (Lipinski definition) is 0. The number of ether oxygens (including phenoxy) is 1. The van der Waals surface area contributed by atoms with E-state index in [4.69, 9.17) is 0 Å². The number of benzene rings is 1. The molecule has 0 atom stereocenters. The van der Waals surface area contributed by atoms with E-state index in [2.05, 4.69) is 4.74 Å². The number of alkyl halides is 3. The molecule has 1 aromatic carbocycles. The molecular formula is C12H9F4NO3. The summed E-state index contributed by atoms with van der Waals surface area (Å²) in [6.07, 6.45) is -4.48. The summed E-state index contributed by atoms with van der Waals surface area (Å²) in [5.41, 5.74) is -0.302. The van der Waals surface area contributed by atoms with Crippen molar-refractivity contribution in [3.8, 4) is 0 Å². The molecule has 0 unspecified atom stereocenters. The Bertz CT molecular complexity index is 556. The van der Waals surface area contributed by atoms with Gasteiger partial charge in [0.1, 0.15) is 12.4 Å². The third-order valence-corrected chi connectivity index (χ3v) is 2.67. The van der Waals surface area contributed by atoms with Gasteiger partial charge in [0, 0.05) is 6.54 Å². The standard InChI is InChI=1S/C12H9F4NO3/c13-8-3-1-2-7-9(8)17(11(19)10(7)18)4-5-20-6-12(14,15)16/h1-3H,4-6H2. The zero-order valence-electron chi connectivity index (χ0n) is 10.0. The van der Waals surface area contributed by atoms with E-state index in [0.717, 1.165) is 11.0 Å². The minimum absolute atomic E-state index is 0.0918. The Labute approximate surface area is 110 Å². The predicted octanol–water partition coefficient (Wildman–Crippen LogP) is 1.93. The van der Waals surface area contributed by atoms with Gasteiger partial charge in [0.15, 0.2) is 0 Å². The van der Waals surface area contributed by atoms with Crippen molar-refractivity contribution in [1.29, 1.82) is 0 Å². The van der Waals surface area contributed by atoms with Crippen LogP contribution in [-0.4, -0.2) is 37.6 Å². The first-order chi connectivity index (χ1) is 9.31. The number of hydrogen-bond acceptors (Lipinski definition) is 3. The van der Waals surface area contributed by atoms with Gasteiger partial charge in [-0.15, -0.1) is 0 Å². The van der Waals surface area contributed by atoms with E-state index in [-0.39, 0.29) is 17.8 Å². The fraction of sp³-hybridized carbons (Fsp3) is 0.333. The molecule has 20 heavy (non-hydrogen) atoms. The van der Waals surface area contributed by atoms with Gasteiger partial charge in [0.2, 0.25) is 0 Å². The van der Waals surface area contributed by atoms with E-state index in [1.165, 1.54) is 12.1 Å². The van der Waals surface area contributed by atoms with Crippen molar-refractivity contribution < 1.29 is 31.9 Å². The second-order valence-corrected chi connectivity index (χ2v) is 4.09. The summed E-state index contributed by atoms with van der Waals surface area (Å²) < 4.78 is 53.6. The normalized spacial score (nSPS) is 14.9. The minimum Gasteiger partial charge on any atom is -0.370 e. The summed E-state index contributed by atoms with van der Waals surface area (Å²) in [6.45, 7) is -2.24. The van der Waals surface area contributed by atoms with Gasteiger partial charge in [-0.05, 0) is 12.1 Å². The number of fused-ring (bicyclic) bond motifs is 1. The van der Waals surface area contributed by atoms with Crippen LogP contribution in [0.15, 0.2) is 18.2 Å². The molecule has 108 valence electrons. The minimum atomic E-state index is -4.48. The van der Waals surface area contributed by atoms with Crippen molar-refractivity contribution in [2.24, 2.45) is 0 Å². The Kier molecular flexibility index (Phi) is 3.76. The molecule has 1 heterocycles. The largest absolute Gasteiger partial charge is 0.411 e. The number of Topliss-reactive ketones (excluding diaryl/α,β-unsaturated/α-hetero) is 1. The van der Waals surface area contributed by atoms with Gasteiger partial charge in [0.05, 0.1) is 17.9 Å². The molecule has 1 amide bonds. The second-order valence-electron chi connectivity index (χ2n) is 4.09. The maximum atomic E-state index is 13.6. The van der Waals surface area contributed by atoms with E-state index in [1.807, 2.05) is 0 Å². The molecule has 0 aliphatic carbocycles. The van der Waals surface area contributed by atoms with Crippen LogP contribution in [0, 0.1) is 5.82 Å². The lowest BCUT2D eigenvalue weighted by Gasteiger charge is -2.17. The second kappa shape index (κ2) is 5.20. The van der Waals surface area contributed by atoms with Crippen LogP contribution >= 0.6 is 0 Å². The fourth-order valence-electron chi connectivity index (χ4n) is 1.87. The summed E-state index contributed by atoms with van der Waals surface area (Å²) in [7, 11) is 0. The van der Waals surface area contributed by atoms with Crippen molar-refractivity contribution in [1.82, 2.24) is 0 Å². The monoisotopic (exact) mass is 291 g/mol. The molecular weight excluding hydrogens is 282 g/mol. The first-order valence-electron chi connectivity index (χ1n) is 5.60. The first kappa shape index (κ1) is 14.4. The Morgan fingerprint density at radius 2 is 1.90 bits per heavy atom. The number of anilines is 1. The lowest BCUT2D eigenvalue weighted by atomic mass is 10.1. The molecule has 0 N–H and O–H groups in total. The van der Waals surface area contributed by atoms with Crippen molar-refractivity contribution in [2.45, 2.75) is 6.18 Å². The number of para-hydroxylation sites is 1. The molecule has 2 rings (SSSR count). The van der Waals surface area contributed by atoms with Crippen LogP contribution < -0.4 is 4.90 Å². The van der Waals surface area contributed by atoms with Crippen molar-refractivity contribution in [2.75, 3.05) is 24.7 Å². The molecule has 4 nitrogen and oxygen atoms in total. The first-order valence-corrected chi connectivity index (χ1v) is 5.60. The molecule has 0 aromatic heterocycles. The molecule has 1 aliphatic heterocycles. The molecule has 0 radical (unpaired) electrons. The number of nitrogens with zero attached hydrogens (tertiary/aromatic N) is 1. The quantitative estimate of drug-likeness (QED) is 0.484. The van der Waals surface area contributed by atoms with Crippen molar-refractivity contribution >= 4 is 17.4 Å². The van der Waals surface area contributed by atoms with E-state index < -0.39 is 36.9 Å². The Morgan fingerprint density at radius 1 is 1.20 bits per heavy atom. The maximum absolute atomic E-state index is 13.6. The maximum Gasteiger partial charge on any atom is 0.411 e. The number of amides is 1. The molecule has 1 aliphatic rings. The smallest absolute Gasteiger partial charge is 0.370 e. The van der Waals surface area contributed by atoms with E-state index >= 15 is 0 Å². The zero-order valence-corrected chi connectivity index (χ0v) is 10.0. The van der Waals surface area contributed by atoms with Gasteiger partial charge in [0.25, 0.3) is 11.7 Å². The number of halogens is 4. The summed E-state index contributed by atoms with van der Waals surface area (Å²) in [4.78, 5) is 24.0. The lowest BCUT2D eigenvalue weighted by molar-refractivity contribution is -0.173. The zero-order chi connectivity index (χ0) is 14.9. The average Bonchev–Trinajstić information content (AvgIpc) is 2.60. The molecule has 0 saturated heterocycles. The van der Waals surface area contributed by atoms with Crippen molar-refractivity contribution in [3.63, 3.8) is 0 Å². The van der Waals surface area contributed by atoms with Gasteiger partial charge in [-0.2, -0.15) is 13.2 Å². The number of ketones is 1. The lowest BCUT2D eigenvalue weighted by Crippen LogP contribution is -2.34. The highest BCUT2D eigenvalue weighted by Crippen LogP contribution is 2.31. The molecule has 0 fully saturated rings. The average molecular weight is 291 g/mol. The third kappa shape index (κ3) is 2.79. The fourth-order valence-corrected chi connectivity index (χ4v) is 1.87. The van der Waals surface area contributed by atoms with Crippen molar-refractivity contribution in [3.05, 3.63) is 29.6 Å². The number of rotatable bonds is 4. The van der Waals surface area contributed by atoms with Crippen LogP contribution in [0.25, 0.3) is 0 Å². The van der Waals surface area contributed by atoms with Gasteiger partial charge >= 0.3 is 6.18 Å². The molecule has 1 aromatic rings. The topological polar surface area (TPSA) is 46.6 Å². The van der Waals surface area contributed by atoms with Gasteiger partial charge in [-0.3, -0.25) is 14.5 Å². The van der Waals surface area contributed by atoms with Crippen LogP contribution in [0.1, 0.15) is 10.4 Å². The van der Waals surface area contributed by atoms with Crippen LogP contribution in [0.3, 0.4) is 0 Å². The van der Waals surface area contributed by atoms with E-state index in [1.54, 1.807) is 0 Å². The number of carbonyl (C=O) groups excluding carboxylic acids is 2. The molecule has 0 spiro atoms. The van der Waals surface area contributed by atoms with Crippen LogP contribution in [0.2, 0.25) is 0 Å². The van der Waals surface area contributed by atoms with E-state index in [0.29, 0.717) is 0 Å². The summed E-state index contributed by atoms with van der Waals surface area (Å²) >= 11 is 0. The van der Waals surface area contributed by atoms with Crippen LogP contribution in [-0.2, 0) is 9.53 Å². The highest BCUT2D eigenvalue weighted by atomic mass is 19.4. The molecule has 8 heteroatoms. The predicted molar refractivity (Wildman–Crippen MR) is 60.0 cm³/mol. The van der Waals surface area contributed by atoms with E-state index in [9.17, 15) is 27.2 Å². The highest BCUT2D eigenvalue weighted by Gasteiger charge is 2.37. The Hall–Kier alpha value is -1.96. The third-order valence-electron chi connectivity index (χ3n) is 2.67. The van der Waals surface area contributed by atoms with Gasteiger partial charge < -0.3 is 4.74 Å². The molecule has 0 saturated carbocycles. The Morgan fingerprint density at radius 3 is 2.55 bits per heavy atom. The number of carbonyl (C=O) groups is 2. The van der Waals surface area contributed by atoms with Gasteiger partial charge in [-0.25, -0.2) is 4.39 Å². The van der Waals surface area contributed by atoms with Crippen LogP contribution in [0.4, 0.5) is 23.2 Å². The van der Waals surface area contributed by atoms with Gasteiger partial charge in [-0.1, -0.05) is 6.07 Å². The summed E-state index contributed by atoms with van der Waals surface area (Å²) in [6, 6.07) is 3.63. The summed E-state index contributed by atoms with van der Waals surface area (Å²) in [5, 5.41) is 0. The van der Waals surface area contributed by atoms with Crippen LogP contribution in [0.5, 0.6) is 0 Å². The highest BCUT2D eigenvalue weighted by molar-refractivity contribution is 6.52. The summed E-state index contributed by atoms with van der Waals surface area (Å²) in [5.74, 6) is -2.63. The molecule has 0 bridgehead atoms. The SMILES string of the molecule is O=C1C(=O)N(CCOCC(F)(F)F)c2c(F)cccc21. The Balaban J connectivity index is 2.07.